The van der Waals surface area contributed by atoms with Crippen LogP contribution in [0.5, 0.6) is 0 Å². The zero-order chi connectivity index (χ0) is 10.8. The second-order valence-corrected chi connectivity index (χ2v) is 3.95. The Balaban J connectivity index is 2.25. The van der Waals surface area contributed by atoms with Crippen molar-refractivity contribution in [3.63, 3.8) is 0 Å². The summed E-state index contributed by atoms with van der Waals surface area (Å²) in [5.41, 5.74) is 0.520. The Bertz CT molecular complexity index is 488. The number of benzene rings is 1. The summed E-state index contributed by atoms with van der Waals surface area (Å²) in [6, 6.07) is 4.34. The number of anilines is 2. The topological polar surface area (TPSA) is 37.8 Å². The van der Waals surface area contributed by atoms with Gasteiger partial charge in [-0.1, -0.05) is 23.2 Å². The summed E-state index contributed by atoms with van der Waals surface area (Å²) < 4.78 is 20.7. The summed E-state index contributed by atoms with van der Waals surface area (Å²) >= 11 is 12.2. The van der Waals surface area contributed by atoms with Gasteiger partial charge in [0.1, 0.15) is 5.82 Å². The van der Waals surface area contributed by atoms with Crippen LogP contribution in [0.15, 0.2) is 18.2 Å². The average molecular weight is 264 g/mol. The van der Waals surface area contributed by atoms with Crippen LogP contribution in [-0.4, -0.2) is 8.75 Å². The highest BCUT2D eigenvalue weighted by Gasteiger charge is 2.06. The molecule has 2 rings (SSSR count). The van der Waals surface area contributed by atoms with Gasteiger partial charge in [0, 0.05) is 5.69 Å². The van der Waals surface area contributed by atoms with Gasteiger partial charge >= 0.3 is 0 Å². The molecule has 1 N–H and O–H groups in total. The van der Waals surface area contributed by atoms with Crippen LogP contribution in [0.2, 0.25) is 10.2 Å². The first-order chi connectivity index (χ1) is 7.16. The van der Waals surface area contributed by atoms with Crippen LogP contribution in [0.1, 0.15) is 0 Å². The van der Waals surface area contributed by atoms with Crippen LogP contribution in [-0.2, 0) is 0 Å². The molecule has 0 aliphatic carbocycles. The van der Waals surface area contributed by atoms with Gasteiger partial charge in [-0.3, -0.25) is 0 Å². The molecule has 0 saturated heterocycles. The molecule has 15 heavy (non-hydrogen) atoms. The number of nitrogens with one attached hydrogen (secondary N) is 1. The van der Waals surface area contributed by atoms with E-state index in [1.54, 1.807) is 6.07 Å². The van der Waals surface area contributed by atoms with Crippen molar-refractivity contribution in [1.29, 1.82) is 0 Å². The average Bonchev–Trinajstić information content (AvgIpc) is 2.59. The van der Waals surface area contributed by atoms with E-state index in [-0.39, 0.29) is 10.2 Å². The van der Waals surface area contributed by atoms with Gasteiger partial charge in [-0.15, -0.1) is 0 Å². The summed E-state index contributed by atoms with van der Waals surface area (Å²) in [6.45, 7) is 0. The highest BCUT2D eigenvalue weighted by atomic mass is 35.5. The Morgan fingerprint density at radius 1 is 1.27 bits per heavy atom. The molecule has 7 heteroatoms. The van der Waals surface area contributed by atoms with Gasteiger partial charge in [0.05, 0.1) is 16.8 Å². The van der Waals surface area contributed by atoms with E-state index in [1.807, 2.05) is 0 Å². The molecule has 1 heterocycles. The first-order valence-electron chi connectivity index (χ1n) is 3.87. The third-order valence-electron chi connectivity index (χ3n) is 1.63. The van der Waals surface area contributed by atoms with E-state index in [4.69, 9.17) is 23.2 Å². The van der Waals surface area contributed by atoms with E-state index in [1.165, 1.54) is 12.1 Å². The number of aromatic nitrogens is 2. The summed E-state index contributed by atoms with van der Waals surface area (Å²) in [5.74, 6) is -0.0932. The van der Waals surface area contributed by atoms with E-state index in [0.717, 1.165) is 11.7 Å². The molecule has 0 bridgehead atoms. The van der Waals surface area contributed by atoms with Gasteiger partial charge in [-0.2, -0.15) is 8.75 Å². The monoisotopic (exact) mass is 263 g/mol. The molecule has 1 aromatic heterocycles. The SMILES string of the molecule is Fc1cc(Nc2nsnc2Cl)ccc1Cl. The van der Waals surface area contributed by atoms with Crippen molar-refractivity contribution >= 4 is 46.4 Å². The van der Waals surface area contributed by atoms with E-state index in [2.05, 4.69) is 14.1 Å². The van der Waals surface area contributed by atoms with Crippen molar-refractivity contribution in [3.8, 4) is 0 Å². The highest BCUT2D eigenvalue weighted by molar-refractivity contribution is 6.99. The molecule has 3 nitrogen and oxygen atoms in total. The fraction of sp³-hybridized carbons (Fsp3) is 0. The largest absolute Gasteiger partial charge is 0.337 e. The van der Waals surface area contributed by atoms with Gasteiger partial charge in [0.15, 0.2) is 11.0 Å². The fourth-order valence-electron chi connectivity index (χ4n) is 0.963. The molecule has 0 atom stereocenters. The molecule has 0 spiro atoms. The number of nitrogens with zero attached hydrogens (tertiary/aromatic N) is 2. The van der Waals surface area contributed by atoms with Crippen molar-refractivity contribution in [2.45, 2.75) is 0 Å². The number of halogens is 3. The lowest BCUT2D eigenvalue weighted by molar-refractivity contribution is 0.629. The lowest BCUT2D eigenvalue weighted by Gasteiger charge is -2.03. The maximum Gasteiger partial charge on any atom is 0.187 e. The molecule has 0 aliphatic rings. The summed E-state index contributed by atoms with van der Waals surface area (Å²) in [5, 5.41) is 3.16. The molecular formula is C8H4Cl2FN3S. The standard InChI is InChI=1S/C8H4Cl2FN3S/c9-5-2-1-4(3-6(5)11)12-8-7(10)13-15-14-8/h1-3H,(H,12,14). The van der Waals surface area contributed by atoms with E-state index in [0.29, 0.717) is 11.5 Å². The van der Waals surface area contributed by atoms with E-state index in [9.17, 15) is 4.39 Å². The van der Waals surface area contributed by atoms with Crippen molar-refractivity contribution in [2.24, 2.45) is 0 Å². The Morgan fingerprint density at radius 3 is 2.67 bits per heavy atom. The molecule has 0 fully saturated rings. The maximum absolute atomic E-state index is 13.1. The summed E-state index contributed by atoms with van der Waals surface area (Å²) in [6.07, 6.45) is 0. The third kappa shape index (κ3) is 2.37. The van der Waals surface area contributed by atoms with Crippen LogP contribution in [0, 0.1) is 5.82 Å². The van der Waals surface area contributed by atoms with E-state index < -0.39 is 5.82 Å². The van der Waals surface area contributed by atoms with Crippen LogP contribution in [0.4, 0.5) is 15.9 Å². The molecule has 0 saturated carbocycles. The Labute approximate surface area is 99.2 Å². The minimum absolute atomic E-state index is 0.0723. The van der Waals surface area contributed by atoms with E-state index >= 15 is 0 Å². The van der Waals surface area contributed by atoms with Gasteiger partial charge in [0.2, 0.25) is 0 Å². The molecule has 0 unspecified atom stereocenters. The Hall–Kier alpha value is -0.910. The predicted octanol–water partition coefficient (Wildman–Crippen LogP) is 3.73. The molecule has 0 aliphatic heterocycles. The normalized spacial score (nSPS) is 10.3. The van der Waals surface area contributed by atoms with Crippen molar-refractivity contribution < 1.29 is 4.39 Å². The number of hydrogen-bond donors (Lipinski definition) is 1. The second-order valence-electron chi connectivity index (χ2n) is 2.66. The first-order valence-corrected chi connectivity index (χ1v) is 5.35. The smallest absolute Gasteiger partial charge is 0.187 e. The van der Waals surface area contributed by atoms with Crippen molar-refractivity contribution in [1.82, 2.24) is 8.75 Å². The van der Waals surface area contributed by atoms with Gasteiger partial charge in [0.25, 0.3) is 0 Å². The Kier molecular flexibility index (Phi) is 3.04. The maximum atomic E-state index is 13.1. The zero-order valence-electron chi connectivity index (χ0n) is 7.17. The zero-order valence-corrected chi connectivity index (χ0v) is 9.50. The second kappa shape index (κ2) is 4.30. The molecule has 1 aromatic carbocycles. The van der Waals surface area contributed by atoms with Crippen LogP contribution in [0.25, 0.3) is 0 Å². The van der Waals surface area contributed by atoms with Crippen molar-refractivity contribution in [2.75, 3.05) is 5.32 Å². The lowest BCUT2D eigenvalue weighted by atomic mass is 10.3. The Morgan fingerprint density at radius 2 is 2.07 bits per heavy atom. The number of rotatable bonds is 2. The molecule has 78 valence electrons. The molecular weight excluding hydrogens is 260 g/mol. The first kappa shape index (κ1) is 10.6. The predicted molar refractivity (Wildman–Crippen MR) is 59.6 cm³/mol. The third-order valence-corrected chi connectivity index (χ3v) is 2.83. The molecule has 0 amide bonds. The fourth-order valence-corrected chi connectivity index (χ4v) is 1.73. The van der Waals surface area contributed by atoms with Crippen molar-refractivity contribution in [3.05, 3.63) is 34.2 Å². The minimum Gasteiger partial charge on any atom is -0.337 e. The summed E-state index contributed by atoms with van der Waals surface area (Å²) in [4.78, 5) is 0. The number of hydrogen-bond acceptors (Lipinski definition) is 4. The van der Waals surface area contributed by atoms with Crippen LogP contribution >= 0.6 is 34.9 Å². The van der Waals surface area contributed by atoms with Gasteiger partial charge < -0.3 is 5.32 Å². The lowest BCUT2D eigenvalue weighted by Crippen LogP contribution is -1.91. The van der Waals surface area contributed by atoms with Crippen LogP contribution in [0.3, 0.4) is 0 Å². The van der Waals surface area contributed by atoms with Gasteiger partial charge in [-0.25, -0.2) is 4.39 Å². The molecule has 2 aromatic rings. The highest BCUT2D eigenvalue weighted by Crippen LogP contribution is 2.25. The van der Waals surface area contributed by atoms with Gasteiger partial charge in [-0.05, 0) is 18.2 Å². The quantitative estimate of drug-likeness (QED) is 0.898. The molecule has 0 radical (unpaired) electrons. The van der Waals surface area contributed by atoms with Crippen LogP contribution < -0.4 is 5.32 Å². The summed E-state index contributed by atoms with van der Waals surface area (Å²) in [7, 11) is 0. The minimum atomic E-state index is -0.499.